The second-order valence-electron chi connectivity index (χ2n) is 17.7. The van der Waals surface area contributed by atoms with Crippen LogP contribution in [0.1, 0.15) is 284 Å². The first-order valence-corrected chi connectivity index (χ1v) is 25.5. The first kappa shape index (κ1) is 55.1. The van der Waals surface area contributed by atoms with Gasteiger partial charge < -0.3 is 20.6 Å². The summed E-state index contributed by atoms with van der Waals surface area (Å²) in [7, 11) is 0. The van der Waals surface area contributed by atoms with Gasteiger partial charge in [0.25, 0.3) is 0 Å². The van der Waals surface area contributed by atoms with Crippen LogP contribution in [0.5, 0.6) is 0 Å². The normalized spacial score (nSPS) is 13.4. The minimum atomic E-state index is -1.07. The number of carbonyl (C=O) groups is 1. The van der Waals surface area contributed by atoms with E-state index in [1.165, 1.54) is 225 Å². The average Bonchev–Trinajstić information content (AvgIpc) is 3.20. The van der Waals surface area contributed by atoms with Crippen molar-refractivity contribution in [2.24, 2.45) is 0 Å². The maximum atomic E-state index is 12.5. The van der Waals surface area contributed by atoms with Gasteiger partial charge in [-0.15, -0.1) is 0 Å². The van der Waals surface area contributed by atoms with Gasteiger partial charge in [-0.1, -0.05) is 257 Å². The molecule has 3 atom stereocenters. The van der Waals surface area contributed by atoms with Gasteiger partial charge in [0.1, 0.15) is 6.10 Å². The zero-order valence-electron chi connectivity index (χ0n) is 38.0. The molecule has 0 bridgehead atoms. The maximum Gasteiger partial charge on any atom is 0.249 e. The van der Waals surface area contributed by atoms with Crippen LogP contribution in [0.25, 0.3) is 0 Å². The van der Waals surface area contributed by atoms with Crippen LogP contribution < -0.4 is 5.32 Å². The number of allylic oxidation sites excluding steroid dienone is 2. The van der Waals surface area contributed by atoms with Crippen molar-refractivity contribution in [2.45, 2.75) is 302 Å². The minimum absolute atomic E-state index is 0.311. The molecule has 0 heterocycles. The summed E-state index contributed by atoms with van der Waals surface area (Å²) in [5.41, 5.74) is 0. The smallest absolute Gasteiger partial charge is 0.249 e. The quantitative estimate of drug-likeness (QED) is 0.0365. The largest absolute Gasteiger partial charge is 0.394 e. The third-order valence-electron chi connectivity index (χ3n) is 12.1. The third kappa shape index (κ3) is 41.3. The lowest BCUT2D eigenvalue weighted by molar-refractivity contribution is -0.131. The van der Waals surface area contributed by atoms with E-state index in [0.29, 0.717) is 12.8 Å². The summed E-state index contributed by atoms with van der Waals surface area (Å²) in [6.07, 6.45) is 56.6. The molecule has 5 nitrogen and oxygen atoms in total. The van der Waals surface area contributed by atoms with Crippen LogP contribution in [0.3, 0.4) is 0 Å². The molecule has 0 aliphatic rings. The first-order valence-electron chi connectivity index (χ1n) is 25.5. The number of aliphatic hydroxyl groups excluding tert-OH is 3. The SMILES string of the molecule is CCCCCCCCCCCCCC/C=C\CCCCCCCCCCC(O)C(=O)NC(CO)C(O)CCCCCCCCCCCCCCCCCCCC. The van der Waals surface area contributed by atoms with E-state index in [4.69, 9.17) is 0 Å². The van der Waals surface area contributed by atoms with E-state index in [2.05, 4.69) is 31.3 Å². The molecule has 56 heavy (non-hydrogen) atoms. The van der Waals surface area contributed by atoms with Crippen LogP contribution in [0.15, 0.2) is 12.2 Å². The van der Waals surface area contributed by atoms with Crippen LogP contribution in [-0.2, 0) is 4.79 Å². The van der Waals surface area contributed by atoms with Gasteiger partial charge in [-0.3, -0.25) is 4.79 Å². The van der Waals surface area contributed by atoms with E-state index in [0.717, 1.165) is 32.1 Å². The van der Waals surface area contributed by atoms with E-state index >= 15 is 0 Å². The molecule has 0 fully saturated rings. The Balaban J connectivity index is 3.56. The highest BCUT2D eigenvalue weighted by molar-refractivity contribution is 5.80. The number of carbonyl (C=O) groups excluding carboxylic acids is 1. The van der Waals surface area contributed by atoms with Crippen LogP contribution in [0, 0.1) is 0 Å². The minimum Gasteiger partial charge on any atom is -0.394 e. The molecular weight excluding hydrogens is 691 g/mol. The van der Waals surface area contributed by atoms with E-state index in [-0.39, 0.29) is 6.61 Å². The molecule has 1 amide bonds. The molecule has 0 aliphatic carbocycles. The molecule has 0 spiro atoms. The van der Waals surface area contributed by atoms with Crippen molar-refractivity contribution in [2.75, 3.05) is 6.61 Å². The predicted molar refractivity (Wildman–Crippen MR) is 245 cm³/mol. The summed E-state index contributed by atoms with van der Waals surface area (Å²) in [4.78, 5) is 12.5. The van der Waals surface area contributed by atoms with Gasteiger partial charge in [0.2, 0.25) is 5.91 Å². The molecular formula is C51H101NO4. The van der Waals surface area contributed by atoms with Gasteiger partial charge in [-0.05, 0) is 38.5 Å². The molecule has 3 unspecified atom stereocenters. The lowest BCUT2D eigenvalue weighted by Crippen LogP contribution is -2.49. The molecule has 0 aromatic heterocycles. The zero-order chi connectivity index (χ0) is 40.8. The molecule has 0 aliphatic heterocycles. The topological polar surface area (TPSA) is 89.8 Å². The monoisotopic (exact) mass is 792 g/mol. The summed E-state index contributed by atoms with van der Waals surface area (Å²) < 4.78 is 0. The Hall–Kier alpha value is -0.910. The Kier molecular flexibility index (Phi) is 46.0. The molecule has 5 heteroatoms. The van der Waals surface area contributed by atoms with Gasteiger partial charge in [0.05, 0.1) is 18.8 Å². The molecule has 334 valence electrons. The fourth-order valence-electron chi connectivity index (χ4n) is 8.13. The number of hydrogen-bond acceptors (Lipinski definition) is 4. The van der Waals surface area contributed by atoms with Crippen LogP contribution >= 0.6 is 0 Å². The van der Waals surface area contributed by atoms with E-state index in [1.54, 1.807) is 0 Å². The van der Waals surface area contributed by atoms with Crippen LogP contribution in [0.4, 0.5) is 0 Å². The molecule has 4 N–H and O–H groups in total. The Morgan fingerprint density at radius 3 is 0.982 bits per heavy atom. The van der Waals surface area contributed by atoms with Crippen molar-refractivity contribution < 1.29 is 20.1 Å². The van der Waals surface area contributed by atoms with Gasteiger partial charge in [0.15, 0.2) is 0 Å². The predicted octanol–water partition coefficient (Wildman–Crippen LogP) is 15.2. The molecule has 0 radical (unpaired) electrons. The highest BCUT2D eigenvalue weighted by Gasteiger charge is 2.23. The number of unbranched alkanes of at least 4 members (excludes halogenated alkanes) is 37. The number of nitrogens with one attached hydrogen (secondary N) is 1. The Bertz CT molecular complexity index is 788. The second-order valence-corrected chi connectivity index (χ2v) is 17.7. The Morgan fingerprint density at radius 1 is 0.411 bits per heavy atom. The molecule has 0 saturated carbocycles. The van der Waals surface area contributed by atoms with Gasteiger partial charge in [-0.25, -0.2) is 0 Å². The van der Waals surface area contributed by atoms with Crippen LogP contribution in [0.2, 0.25) is 0 Å². The van der Waals surface area contributed by atoms with Gasteiger partial charge >= 0.3 is 0 Å². The van der Waals surface area contributed by atoms with Crippen molar-refractivity contribution in [3.8, 4) is 0 Å². The number of amides is 1. The molecule has 0 aromatic rings. The van der Waals surface area contributed by atoms with Crippen molar-refractivity contribution in [3.05, 3.63) is 12.2 Å². The molecule has 0 saturated heterocycles. The van der Waals surface area contributed by atoms with Gasteiger partial charge in [-0.2, -0.15) is 0 Å². The third-order valence-corrected chi connectivity index (χ3v) is 12.1. The highest BCUT2D eigenvalue weighted by Crippen LogP contribution is 2.17. The highest BCUT2D eigenvalue weighted by atomic mass is 16.3. The average molecular weight is 792 g/mol. The summed E-state index contributed by atoms with van der Waals surface area (Å²) in [5.74, 6) is -0.468. The number of aliphatic hydroxyl groups is 3. The fraction of sp³-hybridized carbons (Fsp3) is 0.941. The molecule has 0 rings (SSSR count). The van der Waals surface area contributed by atoms with Crippen molar-refractivity contribution >= 4 is 5.91 Å². The second kappa shape index (κ2) is 46.8. The van der Waals surface area contributed by atoms with Crippen LogP contribution in [-0.4, -0.2) is 46.1 Å². The standard InChI is InChI=1S/C51H101NO4/c1-3-5-7-9-11-13-15-17-19-21-23-24-25-26-27-28-30-32-34-36-38-40-42-44-46-50(55)51(56)52-48(47-53)49(54)45-43-41-39-37-35-33-31-29-22-20-18-16-14-12-10-8-6-4-2/h26-27,48-50,53-55H,3-25,28-47H2,1-2H3,(H,52,56)/b27-26-. The van der Waals surface area contributed by atoms with Crippen molar-refractivity contribution in [3.63, 3.8) is 0 Å². The van der Waals surface area contributed by atoms with E-state index in [9.17, 15) is 20.1 Å². The first-order chi connectivity index (χ1) is 27.6. The number of rotatable bonds is 47. The summed E-state index contributed by atoms with van der Waals surface area (Å²) in [5, 5.41) is 33.5. The molecule has 0 aromatic carbocycles. The summed E-state index contributed by atoms with van der Waals surface area (Å²) in [6.45, 7) is 4.26. The van der Waals surface area contributed by atoms with Crippen molar-refractivity contribution in [1.29, 1.82) is 0 Å². The zero-order valence-corrected chi connectivity index (χ0v) is 38.0. The van der Waals surface area contributed by atoms with E-state index < -0.39 is 24.2 Å². The summed E-state index contributed by atoms with van der Waals surface area (Å²) in [6, 6.07) is -0.711. The fourth-order valence-corrected chi connectivity index (χ4v) is 8.13. The Labute approximate surface area is 350 Å². The lowest BCUT2D eigenvalue weighted by Gasteiger charge is -2.23. The number of hydrogen-bond donors (Lipinski definition) is 4. The van der Waals surface area contributed by atoms with Gasteiger partial charge in [0, 0.05) is 0 Å². The Morgan fingerprint density at radius 2 is 0.679 bits per heavy atom. The maximum absolute atomic E-state index is 12.5. The summed E-state index contributed by atoms with van der Waals surface area (Å²) >= 11 is 0. The van der Waals surface area contributed by atoms with E-state index in [1.807, 2.05) is 0 Å². The lowest BCUT2D eigenvalue weighted by atomic mass is 10.0. The van der Waals surface area contributed by atoms with Crippen molar-refractivity contribution in [1.82, 2.24) is 5.32 Å².